The van der Waals surface area contributed by atoms with Gasteiger partial charge in [0.25, 0.3) is 5.91 Å². The average molecular weight is 273 g/mol. The first kappa shape index (κ1) is 11.7. The molecule has 1 amide bonds. The lowest BCUT2D eigenvalue weighted by Crippen LogP contribution is -2.29. The van der Waals surface area contributed by atoms with E-state index in [1.54, 1.807) is 24.6 Å². The van der Waals surface area contributed by atoms with E-state index >= 15 is 0 Å². The minimum absolute atomic E-state index is 0.156. The van der Waals surface area contributed by atoms with Gasteiger partial charge in [-0.25, -0.2) is 0 Å². The van der Waals surface area contributed by atoms with Gasteiger partial charge in [0.2, 0.25) is 0 Å². The van der Waals surface area contributed by atoms with E-state index in [-0.39, 0.29) is 5.91 Å². The van der Waals surface area contributed by atoms with Gasteiger partial charge in [-0.1, -0.05) is 0 Å². The van der Waals surface area contributed by atoms with E-state index in [1.165, 1.54) is 4.90 Å². The molecule has 1 saturated heterocycles. The maximum absolute atomic E-state index is 12.2. The van der Waals surface area contributed by atoms with Crippen LogP contribution in [0.3, 0.4) is 0 Å². The molecule has 0 saturated carbocycles. The lowest BCUT2D eigenvalue weighted by Gasteiger charge is -2.11. The highest BCUT2D eigenvalue weighted by Crippen LogP contribution is 2.16. The Morgan fingerprint density at radius 2 is 2.26 bits per heavy atom. The molecule has 0 unspecified atom stereocenters. The summed E-state index contributed by atoms with van der Waals surface area (Å²) >= 11 is 5.16. The van der Waals surface area contributed by atoms with Gasteiger partial charge >= 0.3 is 0 Å². The van der Waals surface area contributed by atoms with Gasteiger partial charge in [-0.15, -0.1) is 0 Å². The Kier molecular flexibility index (Phi) is 2.92. The second-order valence-electron chi connectivity index (χ2n) is 4.08. The fourth-order valence-corrected chi connectivity index (χ4v) is 2.12. The minimum Gasteiger partial charge on any atom is -0.467 e. The second-order valence-corrected chi connectivity index (χ2v) is 4.47. The smallest absolute Gasteiger partial charge is 0.277 e. The van der Waals surface area contributed by atoms with Crippen LogP contribution < -0.4 is 5.32 Å². The summed E-state index contributed by atoms with van der Waals surface area (Å²) < 4.78 is 5.23. The molecule has 0 bridgehead atoms. The average Bonchev–Trinajstić information content (AvgIpc) is 3.10. The zero-order valence-corrected chi connectivity index (χ0v) is 10.7. The molecule has 6 heteroatoms. The summed E-state index contributed by atoms with van der Waals surface area (Å²) in [6.45, 7) is 0.333. The molecule has 2 aromatic heterocycles. The van der Waals surface area contributed by atoms with Crippen molar-refractivity contribution in [2.45, 2.75) is 6.54 Å². The lowest BCUT2D eigenvalue weighted by atomic mass is 10.3. The van der Waals surface area contributed by atoms with Crippen molar-refractivity contribution < 1.29 is 9.21 Å². The normalized spacial score (nSPS) is 17.3. The van der Waals surface area contributed by atoms with Crippen LogP contribution in [0, 0.1) is 0 Å². The molecule has 0 spiro atoms. The number of aromatic amines is 1. The van der Waals surface area contributed by atoms with Crippen LogP contribution in [0.5, 0.6) is 0 Å². The SMILES string of the molecule is O=C1/C(=C\c2ccc[nH]2)NC(=S)N1Cc1ccco1. The van der Waals surface area contributed by atoms with E-state index in [2.05, 4.69) is 10.3 Å². The van der Waals surface area contributed by atoms with Crippen molar-refractivity contribution in [3.8, 4) is 0 Å². The van der Waals surface area contributed by atoms with E-state index in [0.29, 0.717) is 23.1 Å². The quantitative estimate of drug-likeness (QED) is 0.662. The number of amides is 1. The van der Waals surface area contributed by atoms with E-state index in [0.717, 1.165) is 5.69 Å². The second kappa shape index (κ2) is 4.74. The number of aromatic nitrogens is 1. The first-order valence-corrected chi connectivity index (χ1v) is 6.15. The molecular weight excluding hydrogens is 262 g/mol. The molecule has 2 N–H and O–H groups in total. The first-order chi connectivity index (χ1) is 9.24. The largest absolute Gasteiger partial charge is 0.467 e. The number of nitrogens with one attached hydrogen (secondary N) is 2. The third kappa shape index (κ3) is 2.30. The summed E-state index contributed by atoms with van der Waals surface area (Å²) in [7, 11) is 0. The van der Waals surface area contributed by atoms with Crippen LogP contribution in [0.1, 0.15) is 11.5 Å². The molecule has 0 atom stereocenters. The predicted octanol–water partition coefficient (Wildman–Crippen LogP) is 1.87. The Hall–Kier alpha value is -2.34. The number of carbonyl (C=O) groups excluding carboxylic acids is 1. The standard InChI is InChI=1S/C13H11N3O2S/c17-12-11(7-9-3-1-5-14-9)15-13(19)16(12)8-10-4-2-6-18-10/h1-7,14H,8H2,(H,15,19)/b11-7+. The van der Waals surface area contributed by atoms with Crippen LogP contribution >= 0.6 is 12.2 Å². The molecule has 96 valence electrons. The van der Waals surface area contributed by atoms with Crippen molar-refractivity contribution in [2.75, 3.05) is 0 Å². The van der Waals surface area contributed by atoms with Gasteiger partial charge < -0.3 is 14.7 Å². The molecule has 3 heterocycles. The number of rotatable bonds is 3. The highest BCUT2D eigenvalue weighted by atomic mass is 32.1. The third-order valence-corrected chi connectivity index (χ3v) is 3.10. The van der Waals surface area contributed by atoms with Crippen molar-refractivity contribution >= 4 is 29.3 Å². The summed E-state index contributed by atoms with van der Waals surface area (Å²) in [6, 6.07) is 7.33. The number of carbonyl (C=O) groups is 1. The summed E-state index contributed by atoms with van der Waals surface area (Å²) in [5, 5.41) is 3.30. The van der Waals surface area contributed by atoms with Gasteiger partial charge in [0, 0.05) is 11.9 Å². The highest BCUT2D eigenvalue weighted by Gasteiger charge is 2.31. The van der Waals surface area contributed by atoms with Gasteiger partial charge in [-0.2, -0.15) is 0 Å². The molecule has 2 aromatic rings. The summed E-state index contributed by atoms with van der Waals surface area (Å²) in [5.41, 5.74) is 1.30. The molecule has 0 radical (unpaired) electrons. The van der Waals surface area contributed by atoms with Crippen LogP contribution in [0.2, 0.25) is 0 Å². The summed E-state index contributed by atoms with van der Waals surface area (Å²) in [5.74, 6) is 0.537. The van der Waals surface area contributed by atoms with E-state index in [1.807, 2.05) is 18.2 Å². The Morgan fingerprint density at radius 1 is 1.37 bits per heavy atom. The number of furan rings is 1. The van der Waals surface area contributed by atoms with Gasteiger partial charge in [0.15, 0.2) is 5.11 Å². The van der Waals surface area contributed by atoms with Gasteiger partial charge in [0.1, 0.15) is 11.5 Å². The van der Waals surface area contributed by atoms with Gasteiger partial charge in [-0.05, 0) is 42.6 Å². The summed E-state index contributed by atoms with van der Waals surface area (Å²) in [6.07, 6.45) is 5.10. The number of hydrogen-bond donors (Lipinski definition) is 2. The molecule has 19 heavy (non-hydrogen) atoms. The third-order valence-electron chi connectivity index (χ3n) is 2.78. The van der Waals surface area contributed by atoms with E-state index < -0.39 is 0 Å². The Morgan fingerprint density at radius 3 is 2.95 bits per heavy atom. The molecule has 3 rings (SSSR count). The van der Waals surface area contributed by atoms with Crippen molar-refractivity contribution in [1.29, 1.82) is 0 Å². The van der Waals surface area contributed by atoms with Crippen molar-refractivity contribution in [2.24, 2.45) is 0 Å². The van der Waals surface area contributed by atoms with Crippen molar-refractivity contribution in [1.82, 2.24) is 15.2 Å². The molecule has 0 aromatic carbocycles. The van der Waals surface area contributed by atoms with Crippen LogP contribution in [0.25, 0.3) is 6.08 Å². The highest BCUT2D eigenvalue weighted by molar-refractivity contribution is 7.80. The molecule has 1 fully saturated rings. The zero-order valence-electron chi connectivity index (χ0n) is 9.92. The topological polar surface area (TPSA) is 61.3 Å². The maximum atomic E-state index is 12.2. The molecular formula is C13H11N3O2S. The van der Waals surface area contributed by atoms with Crippen molar-refractivity contribution in [3.05, 3.63) is 53.9 Å². The Labute approximate surface area is 114 Å². The summed E-state index contributed by atoms with van der Waals surface area (Å²) in [4.78, 5) is 16.7. The van der Waals surface area contributed by atoms with E-state index in [9.17, 15) is 4.79 Å². The van der Waals surface area contributed by atoms with Crippen LogP contribution in [0.4, 0.5) is 0 Å². The number of H-pyrrole nitrogens is 1. The molecule has 1 aliphatic heterocycles. The van der Waals surface area contributed by atoms with Crippen LogP contribution in [0.15, 0.2) is 46.8 Å². The fourth-order valence-electron chi connectivity index (χ4n) is 1.86. The Bertz CT molecular complexity index is 629. The van der Waals surface area contributed by atoms with E-state index in [4.69, 9.17) is 16.6 Å². The van der Waals surface area contributed by atoms with Gasteiger partial charge in [-0.3, -0.25) is 9.69 Å². The van der Waals surface area contributed by atoms with Crippen LogP contribution in [-0.2, 0) is 11.3 Å². The fraction of sp³-hybridized carbons (Fsp3) is 0.0769. The Balaban J connectivity index is 1.81. The predicted molar refractivity (Wildman–Crippen MR) is 73.8 cm³/mol. The number of thiocarbonyl (C=S) groups is 1. The number of hydrogen-bond acceptors (Lipinski definition) is 3. The van der Waals surface area contributed by atoms with Crippen LogP contribution in [-0.4, -0.2) is 20.9 Å². The zero-order chi connectivity index (χ0) is 13.2. The molecule has 0 aliphatic carbocycles. The van der Waals surface area contributed by atoms with Crippen molar-refractivity contribution in [3.63, 3.8) is 0 Å². The monoisotopic (exact) mass is 273 g/mol. The minimum atomic E-state index is -0.156. The molecule has 5 nitrogen and oxygen atoms in total. The van der Waals surface area contributed by atoms with Gasteiger partial charge in [0.05, 0.1) is 12.8 Å². The first-order valence-electron chi connectivity index (χ1n) is 5.74. The maximum Gasteiger partial charge on any atom is 0.277 e. The lowest BCUT2D eigenvalue weighted by molar-refractivity contribution is -0.122. The molecule has 1 aliphatic rings. The number of nitrogens with zero attached hydrogens (tertiary/aromatic N) is 1.